The van der Waals surface area contributed by atoms with Gasteiger partial charge in [0.1, 0.15) is 17.3 Å². The topological polar surface area (TPSA) is 93.8 Å². The zero-order valence-corrected chi connectivity index (χ0v) is 11.5. The van der Waals surface area contributed by atoms with Crippen LogP contribution in [0.2, 0.25) is 0 Å². The number of carbonyl (C=O) groups is 1. The van der Waals surface area contributed by atoms with Crippen LogP contribution in [0.1, 0.15) is 16.2 Å². The third kappa shape index (κ3) is 3.34. The molecule has 9 heteroatoms. The molecule has 1 aromatic carbocycles. The number of carbonyl (C=O) groups excluding carboxylic acids is 1. The first kappa shape index (κ1) is 14.7. The fraction of sp³-hybridized carbons (Fsp3) is 0.0714. The van der Waals surface area contributed by atoms with Gasteiger partial charge in [0.2, 0.25) is 5.82 Å². The van der Waals surface area contributed by atoms with Gasteiger partial charge in [0.15, 0.2) is 0 Å². The summed E-state index contributed by atoms with van der Waals surface area (Å²) in [5.41, 5.74) is 0.480. The monoisotopic (exact) mass is 317 g/mol. The maximum Gasteiger partial charge on any atom is 0.316 e. The van der Waals surface area contributed by atoms with Crippen molar-refractivity contribution >= 4 is 5.91 Å². The summed E-state index contributed by atoms with van der Waals surface area (Å²) in [6, 6.07) is 3.08. The highest BCUT2D eigenvalue weighted by atomic mass is 19.1. The lowest BCUT2D eigenvalue weighted by Crippen LogP contribution is -2.23. The van der Waals surface area contributed by atoms with Crippen LogP contribution in [-0.4, -0.2) is 26.0 Å². The molecule has 0 unspecified atom stereocenters. The molecule has 0 atom stereocenters. The van der Waals surface area contributed by atoms with Gasteiger partial charge in [-0.2, -0.15) is 4.98 Å². The second-order valence-corrected chi connectivity index (χ2v) is 4.43. The molecule has 2 aromatic heterocycles. The van der Waals surface area contributed by atoms with Crippen molar-refractivity contribution in [2.24, 2.45) is 0 Å². The number of hydrogen-bond acceptors (Lipinski definition) is 6. The van der Waals surface area contributed by atoms with Crippen LogP contribution in [0, 0.1) is 11.6 Å². The molecule has 0 aliphatic carbocycles. The Kier molecular flexibility index (Phi) is 4.00. The van der Waals surface area contributed by atoms with E-state index in [4.69, 9.17) is 4.52 Å². The number of aromatic nitrogens is 4. The standard InChI is InChI=1S/C14H9F2N5O2/c15-9-2-1-8(10(16)5-9)6-19-13(22)14-20-12(21-23-14)11-7-17-3-4-18-11/h1-5,7H,6H2,(H,19,22). The Labute approximate surface area is 128 Å². The van der Waals surface area contributed by atoms with E-state index in [1.165, 1.54) is 24.7 Å². The van der Waals surface area contributed by atoms with Crippen molar-refractivity contribution in [1.29, 1.82) is 0 Å². The number of nitrogens with one attached hydrogen (secondary N) is 1. The van der Waals surface area contributed by atoms with Crippen LogP contribution in [0.4, 0.5) is 8.78 Å². The summed E-state index contributed by atoms with van der Waals surface area (Å²) < 4.78 is 31.1. The molecular weight excluding hydrogens is 308 g/mol. The molecule has 0 radical (unpaired) electrons. The highest BCUT2D eigenvalue weighted by molar-refractivity contribution is 5.89. The normalized spacial score (nSPS) is 10.5. The van der Waals surface area contributed by atoms with Crippen LogP contribution < -0.4 is 5.32 Å². The average Bonchev–Trinajstić information content (AvgIpc) is 3.05. The maximum atomic E-state index is 13.5. The van der Waals surface area contributed by atoms with Gasteiger partial charge in [-0.05, 0) is 6.07 Å². The Bertz CT molecular complexity index is 838. The fourth-order valence-electron chi connectivity index (χ4n) is 1.75. The minimum atomic E-state index is -0.754. The SMILES string of the molecule is O=C(NCc1ccc(F)cc1F)c1nc(-c2cnccn2)no1. The highest BCUT2D eigenvalue weighted by Gasteiger charge is 2.17. The molecule has 3 aromatic rings. The van der Waals surface area contributed by atoms with Gasteiger partial charge in [0, 0.05) is 30.6 Å². The Balaban J connectivity index is 1.68. The summed E-state index contributed by atoms with van der Waals surface area (Å²) in [6.45, 7) is -0.145. The molecular formula is C14H9F2N5O2. The lowest BCUT2D eigenvalue weighted by Gasteiger charge is -2.03. The molecule has 0 aliphatic rings. The molecule has 0 fully saturated rings. The first-order valence-electron chi connectivity index (χ1n) is 6.45. The van der Waals surface area contributed by atoms with E-state index in [1.54, 1.807) is 0 Å². The molecule has 1 N–H and O–H groups in total. The van der Waals surface area contributed by atoms with Gasteiger partial charge in [0.25, 0.3) is 0 Å². The number of rotatable bonds is 4. The lowest BCUT2D eigenvalue weighted by molar-refractivity contribution is 0.0906. The molecule has 0 saturated heterocycles. The minimum Gasteiger partial charge on any atom is -0.344 e. The summed E-state index contributed by atoms with van der Waals surface area (Å²) in [5, 5.41) is 6.03. The average molecular weight is 317 g/mol. The molecule has 0 saturated carbocycles. The largest absolute Gasteiger partial charge is 0.344 e. The second-order valence-electron chi connectivity index (χ2n) is 4.43. The van der Waals surface area contributed by atoms with Gasteiger partial charge in [-0.25, -0.2) is 13.8 Å². The number of benzene rings is 1. The zero-order valence-electron chi connectivity index (χ0n) is 11.5. The number of nitrogens with zero attached hydrogens (tertiary/aromatic N) is 4. The number of amides is 1. The third-order valence-corrected chi connectivity index (χ3v) is 2.87. The van der Waals surface area contributed by atoms with E-state index in [1.807, 2.05) is 0 Å². The molecule has 3 rings (SSSR count). The smallest absolute Gasteiger partial charge is 0.316 e. The van der Waals surface area contributed by atoms with Crippen molar-refractivity contribution < 1.29 is 18.1 Å². The van der Waals surface area contributed by atoms with Crippen molar-refractivity contribution in [3.63, 3.8) is 0 Å². The summed E-state index contributed by atoms with van der Waals surface area (Å²) in [7, 11) is 0. The molecule has 0 aliphatic heterocycles. The summed E-state index contributed by atoms with van der Waals surface area (Å²) >= 11 is 0. The molecule has 116 valence electrons. The zero-order chi connectivity index (χ0) is 16.2. The Hall–Kier alpha value is -3.23. The van der Waals surface area contributed by atoms with Gasteiger partial charge in [-0.3, -0.25) is 9.78 Å². The first-order chi connectivity index (χ1) is 11.1. The molecule has 23 heavy (non-hydrogen) atoms. The van der Waals surface area contributed by atoms with E-state index in [2.05, 4.69) is 25.4 Å². The molecule has 2 heterocycles. The van der Waals surface area contributed by atoms with E-state index in [0.29, 0.717) is 5.69 Å². The number of halogens is 2. The van der Waals surface area contributed by atoms with Crippen LogP contribution in [0.15, 0.2) is 41.3 Å². The third-order valence-electron chi connectivity index (χ3n) is 2.87. The van der Waals surface area contributed by atoms with E-state index < -0.39 is 17.5 Å². The van der Waals surface area contributed by atoms with E-state index in [9.17, 15) is 13.6 Å². The predicted octanol–water partition coefficient (Wildman–Crippen LogP) is 1.73. The Morgan fingerprint density at radius 2 is 2.13 bits per heavy atom. The summed E-state index contributed by atoms with van der Waals surface area (Å²) in [4.78, 5) is 23.6. The van der Waals surface area contributed by atoms with Gasteiger partial charge in [0.05, 0.1) is 6.20 Å². The van der Waals surface area contributed by atoms with Gasteiger partial charge in [-0.1, -0.05) is 11.2 Å². The maximum absolute atomic E-state index is 13.5. The van der Waals surface area contributed by atoms with Crippen LogP contribution in [-0.2, 0) is 6.54 Å². The molecule has 1 amide bonds. The van der Waals surface area contributed by atoms with E-state index in [-0.39, 0.29) is 23.8 Å². The van der Waals surface area contributed by atoms with Gasteiger partial charge < -0.3 is 9.84 Å². The van der Waals surface area contributed by atoms with Crippen LogP contribution in [0.25, 0.3) is 11.5 Å². The molecule has 7 nitrogen and oxygen atoms in total. The summed E-state index contributed by atoms with van der Waals surface area (Å²) in [6.07, 6.45) is 4.34. The second kappa shape index (κ2) is 6.26. The van der Waals surface area contributed by atoms with Gasteiger partial charge in [-0.15, -0.1) is 0 Å². The molecule has 0 bridgehead atoms. The van der Waals surface area contributed by atoms with Crippen LogP contribution >= 0.6 is 0 Å². The van der Waals surface area contributed by atoms with Crippen molar-refractivity contribution in [3.8, 4) is 11.5 Å². The molecule has 0 spiro atoms. The van der Waals surface area contributed by atoms with Crippen molar-refractivity contribution in [2.45, 2.75) is 6.54 Å². The minimum absolute atomic E-state index is 0.108. The lowest BCUT2D eigenvalue weighted by atomic mass is 10.2. The van der Waals surface area contributed by atoms with Crippen molar-refractivity contribution in [1.82, 2.24) is 25.4 Å². The Morgan fingerprint density at radius 1 is 1.26 bits per heavy atom. The quantitative estimate of drug-likeness (QED) is 0.787. The fourth-order valence-corrected chi connectivity index (χ4v) is 1.75. The summed E-state index contributed by atoms with van der Waals surface area (Å²) in [5.74, 6) is -2.32. The van der Waals surface area contributed by atoms with Crippen molar-refractivity contribution in [2.75, 3.05) is 0 Å². The predicted molar refractivity (Wildman–Crippen MR) is 72.9 cm³/mol. The first-order valence-corrected chi connectivity index (χ1v) is 6.45. The van der Waals surface area contributed by atoms with E-state index >= 15 is 0 Å². The van der Waals surface area contributed by atoms with Crippen molar-refractivity contribution in [3.05, 3.63) is 59.9 Å². The highest BCUT2D eigenvalue weighted by Crippen LogP contribution is 2.12. The van der Waals surface area contributed by atoms with Crippen LogP contribution in [0.3, 0.4) is 0 Å². The Morgan fingerprint density at radius 3 is 2.87 bits per heavy atom. The van der Waals surface area contributed by atoms with E-state index in [0.717, 1.165) is 12.1 Å². The number of hydrogen-bond donors (Lipinski definition) is 1. The van der Waals surface area contributed by atoms with Crippen LogP contribution in [0.5, 0.6) is 0 Å². The van der Waals surface area contributed by atoms with Gasteiger partial charge >= 0.3 is 11.8 Å².